The summed E-state index contributed by atoms with van der Waals surface area (Å²) < 4.78 is 11.7. The molecule has 0 aliphatic heterocycles. The molecule has 4 heteroatoms. The van der Waals surface area contributed by atoms with Crippen molar-refractivity contribution in [3.8, 4) is 17.2 Å². The lowest BCUT2D eigenvalue weighted by molar-refractivity contribution is 0.301. The fourth-order valence-electron chi connectivity index (χ4n) is 1.89. The molecular weight excluding hydrogens is 264 g/mol. The van der Waals surface area contributed by atoms with Crippen LogP contribution in [-0.2, 0) is 6.54 Å². The van der Waals surface area contributed by atoms with Gasteiger partial charge in [-0.15, -0.1) is 0 Å². The van der Waals surface area contributed by atoms with Crippen molar-refractivity contribution in [1.29, 1.82) is 0 Å². The molecule has 2 aromatic rings. The van der Waals surface area contributed by atoms with E-state index >= 15 is 0 Å². The minimum Gasteiger partial charge on any atom is -0.490 e. The maximum Gasteiger partial charge on any atom is 0.169 e. The lowest BCUT2D eigenvalue weighted by Crippen LogP contribution is -2.12. The quantitative estimate of drug-likeness (QED) is 0.802. The number of pyridine rings is 1. The standard InChI is InChI=1S/C17H22N2O2/c1-3-11-20-15-7-5-6-8-16(15)21-17-13-19-10-9-14(17)12-18-4-2/h5-10,13,18H,3-4,11-12H2,1-2H3. The van der Waals surface area contributed by atoms with Crippen LogP contribution in [0.15, 0.2) is 42.7 Å². The molecule has 0 atom stereocenters. The van der Waals surface area contributed by atoms with Crippen LogP contribution < -0.4 is 14.8 Å². The van der Waals surface area contributed by atoms with Gasteiger partial charge in [-0.2, -0.15) is 0 Å². The second-order valence-corrected chi connectivity index (χ2v) is 4.66. The molecule has 2 rings (SSSR count). The number of para-hydroxylation sites is 2. The Bertz CT molecular complexity index is 508. The monoisotopic (exact) mass is 286 g/mol. The van der Waals surface area contributed by atoms with Gasteiger partial charge in [-0.05, 0) is 31.2 Å². The van der Waals surface area contributed by atoms with Crippen LogP contribution in [0.3, 0.4) is 0 Å². The van der Waals surface area contributed by atoms with Crippen LogP contribution in [0.2, 0.25) is 0 Å². The van der Waals surface area contributed by atoms with Crippen LogP contribution >= 0.6 is 0 Å². The predicted molar refractivity (Wildman–Crippen MR) is 83.9 cm³/mol. The van der Waals surface area contributed by atoms with E-state index in [-0.39, 0.29) is 0 Å². The van der Waals surface area contributed by atoms with Gasteiger partial charge >= 0.3 is 0 Å². The topological polar surface area (TPSA) is 43.4 Å². The van der Waals surface area contributed by atoms with E-state index in [9.17, 15) is 0 Å². The maximum absolute atomic E-state index is 6.01. The van der Waals surface area contributed by atoms with Crippen molar-refractivity contribution < 1.29 is 9.47 Å². The van der Waals surface area contributed by atoms with Gasteiger partial charge in [-0.25, -0.2) is 0 Å². The Hall–Kier alpha value is -2.07. The van der Waals surface area contributed by atoms with Gasteiger partial charge in [0, 0.05) is 18.3 Å². The zero-order chi connectivity index (χ0) is 14.9. The fraction of sp³-hybridized carbons (Fsp3) is 0.353. The zero-order valence-corrected chi connectivity index (χ0v) is 12.6. The van der Waals surface area contributed by atoms with Gasteiger partial charge in [-0.3, -0.25) is 4.98 Å². The first-order valence-corrected chi connectivity index (χ1v) is 7.38. The molecule has 0 fully saturated rings. The molecule has 0 aliphatic carbocycles. The molecule has 0 unspecified atom stereocenters. The second-order valence-electron chi connectivity index (χ2n) is 4.66. The van der Waals surface area contributed by atoms with Crippen molar-refractivity contribution >= 4 is 0 Å². The average Bonchev–Trinajstić information content (AvgIpc) is 2.53. The van der Waals surface area contributed by atoms with Crippen molar-refractivity contribution in [1.82, 2.24) is 10.3 Å². The van der Waals surface area contributed by atoms with Crippen molar-refractivity contribution in [2.24, 2.45) is 0 Å². The number of nitrogens with zero attached hydrogens (tertiary/aromatic N) is 1. The number of benzene rings is 1. The van der Waals surface area contributed by atoms with E-state index in [4.69, 9.17) is 9.47 Å². The van der Waals surface area contributed by atoms with E-state index < -0.39 is 0 Å². The Morgan fingerprint density at radius 2 is 1.86 bits per heavy atom. The van der Waals surface area contributed by atoms with Crippen molar-refractivity contribution in [2.45, 2.75) is 26.8 Å². The van der Waals surface area contributed by atoms with E-state index in [1.165, 1.54) is 0 Å². The van der Waals surface area contributed by atoms with Crippen LogP contribution in [0.5, 0.6) is 17.2 Å². The highest BCUT2D eigenvalue weighted by atomic mass is 16.5. The molecule has 0 saturated heterocycles. The molecule has 0 aliphatic rings. The van der Waals surface area contributed by atoms with E-state index in [0.717, 1.165) is 42.3 Å². The van der Waals surface area contributed by atoms with E-state index in [1.807, 2.05) is 30.3 Å². The molecule has 1 heterocycles. The first-order valence-electron chi connectivity index (χ1n) is 7.38. The summed E-state index contributed by atoms with van der Waals surface area (Å²) in [4.78, 5) is 4.15. The van der Waals surface area contributed by atoms with Crippen LogP contribution in [0.4, 0.5) is 0 Å². The summed E-state index contributed by atoms with van der Waals surface area (Å²) in [6.45, 7) is 6.51. The minimum atomic E-state index is 0.678. The molecule has 0 saturated carbocycles. The summed E-state index contributed by atoms with van der Waals surface area (Å²) in [5.74, 6) is 2.24. The first-order chi connectivity index (χ1) is 10.3. The Balaban J connectivity index is 2.18. The SMILES string of the molecule is CCCOc1ccccc1Oc1cnccc1CNCC. The average molecular weight is 286 g/mol. The van der Waals surface area contributed by atoms with Crippen molar-refractivity contribution in [2.75, 3.05) is 13.2 Å². The van der Waals surface area contributed by atoms with Crippen LogP contribution in [-0.4, -0.2) is 18.1 Å². The van der Waals surface area contributed by atoms with E-state index in [2.05, 4.69) is 24.1 Å². The molecule has 0 amide bonds. The highest BCUT2D eigenvalue weighted by Gasteiger charge is 2.09. The molecule has 1 aromatic carbocycles. The number of nitrogens with one attached hydrogen (secondary N) is 1. The molecule has 4 nitrogen and oxygen atoms in total. The molecular formula is C17H22N2O2. The normalized spacial score (nSPS) is 10.4. The molecule has 0 spiro atoms. The summed E-state index contributed by atoms with van der Waals surface area (Å²) in [5.41, 5.74) is 1.08. The van der Waals surface area contributed by atoms with Gasteiger partial charge in [0.25, 0.3) is 0 Å². The van der Waals surface area contributed by atoms with Gasteiger partial charge in [0.1, 0.15) is 5.75 Å². The highest BCUT2D eigenvalue weighted by Crippen LogP contribution is 2.32. The van der Waals surface area contributed by atoms with Gasteiger partial charge < -0.3 is 14.8 Å². The van der Waals surface area contributed by atoms with E-state index in [1.54, 1.807) is 12.4 Å². The zero-order valence-electron chi connectivity index (χ0n) is 12.6. The summed E-state index contributed by atoms with van der Waals surface area (Å²) in [6, 6.07) is 9.68. The molecule has 112 valence electrons. The van der Waals surface area contributed by atoms with E-state index in [0.29, 0.717) is 6.61 Å². The Morgan fingerprint density at radius 3 is 2.62 bits per heavy atom. The minimum absolute atomic E-state index is 0.678. The lowest BCUT2D eigenvalue weighted by atomic mass is 10.2. The Morgan fingerprint density at radius 1 is 1.05 bits per heavy atom. The number of ether oxygens (including phenoxy) is 2. The molecule has 0 radical (unpaired) electrons. The molecule has 0 bridgehead atoms. The third-order valence-electron chi connectivity index (χ3n) is 2.97. The number of rotatable bonds is 8. The summed E-state index contributed by atoms with van der Waals surface area (Å²) in [5, 5.41) is 3.30. The number of aromatic nitrogens is 1. The van der Waals surface area contributed by atoms with Gasteiger partial charge in [-0.1, -0.05) is 26.0 Å². The Kier molecular flexibility index (Phi) is 6.03. The van der Waals surface area contributed by atoms with Gasteiger partial charge in [0.15, 0.2) is 11.5 Å². The Labute approximate surface area is 126 Å². The maximum atomic E-state index is 6.01. The summed E-state index contributed by atoms with van der Waals surface area (Å²) in [7, 11) is 0. The smallest absolute Gasteiger partial charge is 0.169 e. The first kappa shape index (κ1) is 15.3. The summed E-state index contributed by atoms with van der Waals surface area (Å²) >= 11 is 0. The van der Waals surface area contributed by atoms with Crippen LogP contribution in [0.1, 0.15) is 25.8 Å². The third-order valence-corrected chi connectivity index (χ3v) is 2.97. The second kappa shape index (κ2) is 8.27. The largest absolute Gasteiger partial charge is 0.490 e. The number of hydrogen-bond donors (Lipinski definition) is 1. The third kappa shape index (κ3) is 4.46. The number of hydrogen-bond acceptors (Lipinski definition) is 4. The fourth-order valence-corrected chi connectivity index (χ4v) is 1.89. The van der Waals surface area contributed by atoms with Gasteiger partial charge in [0.05, 0.1) is 12.8 Å². The summed E-state index contributed by atoms with van der Waals surface area (Å²) in [6.07, 6.45) is 4.48. The lowest BCUT2D eigenvalue weighted by Gasteiger charge is -2.14. The van der Waals surface area contributed by atoms with Crippen LogP contribution in [0.25, 0.3) is 0 Å². The highest BCUT2D eigenvalue weighted by molar-refractivity contribution is 5.44. The molecule has 1 aromatic heterocycles. The van der Waals surface area contributed by atoms with Crippen molar-refractivity contribution in [3.05, 3.63) is 48.3 Å². The van der Waals surface area contributed by atoms with Crippen molar-refractivity contribution in [3.63, 3.8) is 0 Å². The molecule has 21 heavy (non-hydrogen) atoms. The predicted octanol–water partition coefficient (Wildman–Crippen LogP) is 3.77. The molecule has 1 N–H and O–H groups in total. The van der Waals surface area contributed by atoms with Crippen LogP contribution in [0, 0.1) is 0 Å². The van der Waals surface area contributed by atoms with Gasteiger partial charge in [0.2, 0.25) is 0 Å².